The molecule has 222 valence electrons. The molecule has 0 unspecified atom stereocenters. The summed E-state index contributed by atoms with van der Waals surface area (Å²) < 4.78 is 11.1. The van der Waals surface area contributed by atoms with Crippen molar-refractivity contribution in [3.8, 4) is 23.0 Å². The van der Waals surface area contributed by atoms with Crippen LogP contribution in [0.2, 0.25) is 0 Å². The molecule has 2 atom stereocenters. The molecule has 3 aliphatic heterocycles. The maximum absolute atomic E-state index is 13.7. The molecule has 3 heterocycles. The van der Waals surface area contributed by atoms with Crippen LogP contribution in [-0.4, -0.2) is 44.3 Å². The van der Waals surface area contributed by atoms with Gasteiger partial charge in [0, 0.05) is 47.9 Å². The third-order valence-corrected chi connectivity index (χ3v) is 8.34. The van der Waals surface area contributed by atoms with E-state index in [-0.39, 0.29) is 58.1 Å². The van der Waals surface area contributed by atoms with Crippen LogP contribution in [0.25, 0.3) is 0 Å². The number of para-hydroxylation sites is 2. The van der Waals surface area contributed by atoms with Crippen molar-refractivity contribution in [1.82, 2.24) is 0 Å². The highest BCUT2D eigenvalue weighted by molar-refractivity contribution is 6.15. The van der Waals surface area contributed by atoms with Crippen molar-refractivity contribution in [2.45, 2.75) is 31.8 Å². The molecule has 10 heteroatoms. The summed E-state index contributed by atoms with van der Waals surface area (Å²) in [7, 11) is 2.94. The average molecular weight is 591 g/mol. The van der Waals surface area contributed by atoms with Gasteiger partial charge in [0.15, 0.2) is 11.5 Å². The molecule has 0 aromatic heterocycles. The van der Waals surface area contributed by atoms with Gasteiger partial charge in [-0.05, 0) is 48.7 Å². The van der Waals surface area contributed by atoms with E-state index in [1.165, 1.54) is 20.3 Å². The molecule has 44 heavy (non-hydrogen) atoms. The molecule has 0 spiro atoms. The minimum Gasteiger partial charge on any atom is -0.493 e. The molecule has 2 N–H and O–H groups in total. The standard InChI is InChI=1S/C34H30N4O6/c1-19-12-20-8-4-6-10-27(20)37(19)33(39)23-14-29(41-2)31(16-25(23)35)43-44-32-17-26-24(15-30(32)42-3)34(40)38-22(18-36-26)13-21-9-5-7-11-28(21)38/h4-11,14-19,22H,12-13,35H2,1-3H3/t19-,22+/m1/s1. The van der Waals surface area contributed by atoms with Gasteiger partial charge in [0.05, 0.1) is 37.1 Å². The van der Waals surface area contributed by atoms with E-state index in [4.69, 9.17) is 25.0 Å². The lowest BCUT2D eigenvalue weighted by molar-refractivity contribution is -0.103. The van der Waals surface area contributed by atoms with Crippen LogP contribution in [0.1, 0.15) is 38.8 Å². The Morgan fingerprint density at radius 3 is 2.20 bits per heavy atom. The highest BCUT2D eigenvalue weighted by Gasteiger charge is 2.37. The Hall–Kier alpha value is -5.51. The number of carbonyl (C=O) groups excluding carboxylic acids is 2. The molecular weight excluding hydrogens is 560 g/mol. The van der Waals surface area contributed by atoms with Gasteiger partial charge in [-0.15, -0.1) is 0 Å². The third kappa shape index (κ3) is 4.38. The van der Waals surface area contributed by atoms with Crippen molar-refractivity contribution in [3.05, 3.63) is 95.1 Å². The zero-order chi connectivity index (χ0) is 30.5. The van der Waals surface area contributed by atoms with Crippen LogP contribution in [0.5, 0.6) is 23.0 Å². The number of amides is 2. The Morgan fingerprint density at radius 1 is 0.841 bits per heavy atom. The Balaban J connectivity index is 1.16. The predicted octanol–water partition coefficient (Wildman–Crippen LogP) is 5.54. The fraction of sp³-hybridized carbons (Fsp3) is 0.206. The molecular formula is C34H30N4O6. The van der Waals surface area contributed by atoms with E-state index in [0.717, 1.165) is 28.9 Å². The summed E-state index contributed by atoms with van der Waals surface area (Å²) in [5.74, 6) is 0.474. The molecule has 0 radical (unpaired) electrons. The first kappa shape index (κ1) is 27.3. The second kappa shape index (κ2) is 10.6. The van der Waals surface area contributed by atoms with Gasteiger partial charge in [-0.2, -0.15) is 0 Å². The van der Waals surface area contributed by atoms with Gasteiger partial charge in [0.2, 0.25) is 11.5 Å². The van der Waals surface area contributed by atoms with Gasteiger partial charge in [-0.25, -0.2) is 0 Å². The first-order valence-electron chi connectivity index (χ1n) is 14.3. The number of anilines is 3. The number of methoxy groups -OCH3 is 2. The van der Waals surface area contributed by atoms with Crippen molar-refractivity contribution in [3.63, 3.8) is 0 Å². The summed E-state index contributed by atoms with van der Waals surface area (Å²) in [5, 5.41) is 0. The SMILES string of the molecule is COc1cc(C(=O)N2c3ccccc3C[C@H]2C)c(N)cc1OOc1cc2c(cc1OC)C(=O)N1c3ccccc3C[C@H]1C=N2. The van der Waals surface area contributed by atoms with E-state index in [0.29, 0.717) is 17.7 Å². The van der Waals surface area contributed by atoms with Crippen molar-refractivity contribution < 1.29 is 28.8 Å². The summed E-state index contributed by atoms with van der Waals surface area (Å²) in [6.07, 6.45) is 3.23. The van der Waals surface area contributed by atoms with Crippen LogP contribution in [0.15, 0.2) is 77.8 Å². The number of benzene rings is 4. The van der Waals surface area contributed by atoms with Gasteiger partial charge >= 0.3 is 0 Å². The second-order valence-electron chi connectivity index (χ2n) is 11.0. The summed E-state index contributed by atoms with van der Waals surface area (Å²) in [6, 6.07) is 21.7. The summed E-state index contributed by atoms with van der Waals surface area (Å²) >= 11 is 0. The number of nitrogen functional groups attached to an aromatic ring is 1. The number of hydrogen-bond donors (Lipinski definition) is 1. The Labute approximate surface area is 254 Å². The van der Waals surface area contributed by atoms with Crippen molar-refractivity contribution in [1.29, 1.82) is 0 Å². The van der Waals surface area contributed by atoms with Crippen molar-refractivity contribution in [2.75, 3.05) is 29.8 Å². The van der Waals surface area contributed by atoms with E-state index >= 15 is 0 Å². The van der Waals surface area contributed by atoms with Gasteiger partial charge in [-0.1, -0.05) is 36.4 Å². The zero-order valence-corrected chi connectivity index (χ0v) is 24.4. The molecule has 7 rings (SSSR count). The number of nitrogens with two attached hydrogens (primary N) is 1. The van der Waals surface area contributed by atoms with E-state index in [1.807, 2.05) is 55.5 Å². The smallest absolute Gasteiger partial charge is 0.261 e. The number of carbonyl (C=O) groups is 2. The Kier molecular flexibility index (Phi) is 6.61. The molecule has 4 aromatic carbocycles. The molecule has 4 aromatic rings. The third-order valence-electron chi connectivity index (χ3n) is 8.34. The van der Waals surface area contributed by atoms with Crippen LogP contribution in [0.3, 0.4) is 0 Å². The minimum absolute atomic E-state index is 0.0223. The average Bonchev–Trinajstić information content (AvgIpc) is 3.54. The molecule has 0 saturated heterocycles. The highest BCUT2D eigenvalue weighted by Crippen LogP contribution is 2.42. The number of fused-ring (bicyclic) bond motifs is 5. The van der Waals surface area contributed by atoms with Crippen molar-refractivity contribution in [2.24, 2.45) is 4.99 Å². The van der Waals surface area contributed by atoms with Crippen LogP contribution in [0.4, 0.5) is 22.7 Å². The molecule has 0 bridgehead atoms. The molecule has 10 nitrogen and oxygen atoms in total. The molecule has 0 saturated carbocycles. The lowest BCUT2D eigenvalue weighted by atomic mass is 10.1. The quantitative estimate of drug-likeness (QED) is 0.178. The van der Waals surface area contributed by atoms with Crippen molar-refractivity contribution >= 4 is 40.8 Å². The topological polar surface area (TPSA) is 116 Å². The number of rotatable bonds is 6. The van der Waals surface area contributed by atoms with Crippen LogP contribution in [0, 0.1) is 0 Å². The Morgan fingerprint density at radius 2 is 1.48 bits per heavy atom. The van der Waals surface area contributed by atoms with E-state index in [9.17, 15) is 9.59 Å². The van der Waals surface area contributed by atoms with E-state index < -0.39 is 0 Å². The number of nitrogens with zero attached hydrogens (tertiary/aromatic N) is 3. The molecule has 0 fully saturated rings. The summed E-state index contributed by atoms with van der Waals surface area (Å²) in [6.45, 7) is 2.00. The fourth-order valence-electron chi connectivity index (χ4n) is 6.22. The molecule has 2 amide bonds. The monoisotopic (exact) mass is 590 g/mol. The molecule has 3 aliphatic rings. The van der Waals surface area contributed by atoms with Gasteiger partial charge < -0.3 is 20.1 Å². The normalized spacial score (nSPS) is 17.8. The minimum atomic E-state index is -0.233. The van der Waals surface area contributed by atoms with Gasteiger partial charge in [0.25, 0.3) is 11.8 Å². The van der Waals surface area contributed by atoms with Gasteiger partial charge in [-0.3, -0.25) is 29.3 Å². The van der Waals surface area contributed by atoms with Gasteiger partial charge in [0.1, 0.15) is 0 Å². The van der Waals surface area contributed by atoms with E-state index in [1.54, 1.807) is 34.2 Å². The lowest BCUT2D eigenvalue weighted by Crippen LogP contribution is -2.37. The van der Waals surface area contributed by atoms with E-state index in [2.05, 4.69) is 4.99 Å². The predicted molar refractivity (Wildman–Crippen MR) is 167 cm³/mol. The fourth-order valence-corrected chi connectivity index (χ4v) is 6.22. The number of hydrogen-bond acceptors (Lipinski definition) is 8. The zero-order valence-electron chi connectivity index (χ0n) is 24.4. The maximum atomic E-state index is 13.7. The first-order chi connectivity index (χ1) is 21.4. The van der Waals surface area contributed by atoms with Crippen LogP contribution < -0.4 is 34.8 Å². The number of aliphatic imine (C=N–C) groups is 1. The van der Waals surface area contributed by atoms with Crippen LogP contribution in [-0.2, 0) is 12.8 Å². The number of ether oxygens (including phenoxy) is 2. The molecule has 0 aliphatic carbocycles. The van der Waals surface area contributed by atoms with Crippen LogP contribution >= 0.6 is 0 Å². The summed E-state index contributed by atoms with van der Waals surface area (Å²) in [4.78, 5) is 46.9. The first-order valence-corrected chi connectivity index (χ1v) is 14.3. The largest absolute Gasteiger partial charge is 0.493 e. The maximum Gasteiger partial charge on any atom is 0.261 e. The second-order valence-corrected chi connectivity index (χ2v) is 11.0. The highest BCUT2D eigenvalue weighted by atomic mass is 17.2. The lowest BCUT2D eigenvalue weighted by Gasteiger charge is -2.24. The summed E-state index contributed by atoms with van der Waals surface area (Å²) in [5.41, 5.74) is 11.6. The Bertz CT molecular complexity index is 1850.